The minimum absolute atomic E-state index is 0.111. The molecule has 0 spiro atoms. The molecule has 4 aromatic rings. The predicted octanol–water partition coefficient (Wildman–Crippen LogP) is 3.76. The van der Waals surface area contributed by atoms with E-state index in [0.717, 1.165) is 51.9 Å². The van der Waals surface area contributed by atoms with Crippen LogP contribution in [0.5, 0.6) is 5.88 Å². The van der Waals surface area contributed by atoms with Gasteiger partial charge in [-0.15, -0.1) is 0 Å². The summed E-state index contributed by atoms with van der Waals surface area (Å²) in [6.07, 6.45) is 3.53. The van der Waals surface area contributed by atoms with E-state index in [9.17, 15) is 9.90 Å². The van der Waals surface area contributed by atoms with Crippen LogP contribution < -0.4 is 15.4 Å². The second-order valence-electron chi connectivity index (χ2n) is 10.3. The van der Waals surface area contributed by atoms with Crippen LogP contribution in [0.4, 0.5) is 0 Å². The van der Waals surface area contributed by atoms with Gasteiger partial charge < -0.3 is 25.0 Å². The number of aliphatic hydroxyl groups is 1. The number of amides is 1. The minimum Gasteiger partial charge on any atom is -0.481 e. The maximum absolute atomic E-state index is 11.4. The van der Waals surface area contributed by atoms with Crippen LogP contribution in [0, 0.1) is 0 Å². The third-order valence-corrected chi connectivity index (χ3v) is 7.71. The lowest BCUT2D eigenvalue weighted by molar-refractivity contribution is -0.119. The number of carbonyl (C=O) groups is 1. The molecule has 1 aromatic carbocycles. The maximum atomic E-state index is 11.4. The molecule has 5 rings (SSSR count). The smallest absolute Gasteiger partial charge is 0.220 e. The number of benzene rings is 1. The Morgan fingerprint density at radius 2 is 1.90 bits per heavy atom. The Bertz CT molecular complexity index is 1520. The van der Waals surface area contributed by atoms with Gasteiger partial charge in [-0.1, -0.05) is 35.9 Å². The first-order valence-electron chi connectivity index (χ1n) is 13.5. The van der Waals surface area contributed by atoms with Gasteiger partial charge in [-0.05, 0) is 37.2 Å². The Kier molecular flexibility index (Phi) is 8.66. The number of nitrogens with one attached hydrogen (secondary N) is 2. The molecule has 210 valence electrons. The number of methoxy groups -OCH3 is 1. The number of aryl methyl sites for hydroxylation is 1. The summed E-state index contributed by atoms with van der Waals surface area (Å²) in [6, 6.07) is 14.1. The molecule has 3 aromatic heterocycles. The molecule has 0 radical (unpaired) electrons. The summed E-state index contributed by atoms with van der Waals surface area (Å²) in [7, 11) is 5.59. The van der Waals surface area contributed by atoms with Crippen LogP contribution in [0.25, 0.3) is 33.5 Å². The van der Waals surface area contributed by atoms with Crippen molar-refractivity contribution in [2.75, 3.05) is 33.9 Å². The number of nitrogens with zero attached hydrogens (tertiary/aromatic N) is 4. The SMILES string of the molecule is COc1nc(-c2cccc(-c3ccc4c(CN(C)CCO)cn(C)c4n3)c2Cl)ccc1CNC[C@@H]1CCC(=O)N1. The lowest BCUT2D eigenvalue weighted by Crippen LogP contribution is -2.35. The first kappa shape index (κ1) is 28.0. The molecule has 1 fully saturated rings. The number of rotatable bonds is 11. The molecule has 1 aliphatic rings. The highest BCUT2D eigenvalue weighted by Gasteiger charge is 2.20. The number of pyridine rings is 2. The zero-order valence-electron chi connectivity index (χ0n) is 23.1. The maximum Gasteiger partial charge on any atom is 0.220 e. The van der Waals surface area contributed by atoms with E-state index in [1.807, 2.05) is 55.1 Å². The topological polar surface area (TPSA) is 105 Å². The third kappa shape index (κ3) is 5.97. The number of ether oxygens (including phenoxy) is 1. The van der Waals surface area contributed by atoms with Crippen LogP contribution in [0.2, 0.25) is 5.02 Å². The van der Waals surface area contributed by atoms with Crippen molar-refractivity contribution in [2.24, 2.45) is 7.05 Å². The number of hydrogen-bond acceptors (Lipinski definition) is 7. The van der Waals surface area contributed by atoms with E-state index in [2.05, 4.69) is 27.8 Å². The van der Waals surface area contributed by atoms with Gasteiger partial charge in [0, 0.05) is 74.0 Å². The molecular weight excluding hydrogens is 528 g/mol. The standard InChI is InChI=1S/C30H35ClN6O3/c1-36(13-14-38)17-20-18-37(2)29-22(20)9-11-25(34-29)23-5-4-6-24(28(23)31)26-10-7-19(30(35-26)40-3)15-32-16-21-8-12-27(39)33-21/h4-7,9-11,18,21,32,38H,8,12-17H2,1-3H3,(H,33,39)/t21-/m0/s1. The summed E-state index contributed by atoms with van der Waals surface area (Å²) < 4.78 is 7.64. The quantitative estimate of drug-likeness (QED) is 0.256. The molecule has 3 N–H and O–H groups in total. The molecule has 0 bridgehead atoms. The Hall–Kier alpha value is -3.50. The number of likely N-dealkylation sites (N-methyl/N-ethyl adjacent to an activating group) is 1. The first-order chi connectivity index (χ1) is 19.4. The van der Waals surface area contributed by atoms with Crippen molar-refractivity contribution in [2.45, 2.75) is 32.0 Å². The number of aromatic nitrogens is 3. The monoisotopic (exact) mass is 562 g/mol. The van der Waals surface area contributed by atoms with E-state index < -0.39 is 0 Å². The molecule has 9 nitrogen and oxygen atoms in total. The summed E-state index contributed by atoms with van der Waals surface area (Å²) >= 11 is 6.98. The van der Waals surface area contributed by atoms with Crippen LogP contribution >= 0.6 is 11.6 Å². The van der Waals surface area contributed by atoms with E-state index >= 15 is 0 Å². The molecule has 0 unspecified atom stereocenters. The van der Waals surface area contributed by atoms with Gasteiger partial charge in [0.15, 0.2) is 0 Å². The number of hydrogen-bond donors (Lipinski definition) is 3. The Labute approximate surface area is 239 Å². The minimum atomic E-state index is 0.111. The fraction of sp³-hybridized carbons (Fsp3) is 0.367. The highest BCUT2D eigenvalue weighted by atomic mass is 35.5. The second kappa shape index (κ2) is 12.3. The van der Waals surface area contributed by atoms with Crippen molar-refractivity contribution in [1.82, 2.24) is 30.1 Å². The van der Waals surface area contributed by atoms with Crippen LogP contribution in [-0.4, -0.2) is 70.3 Å². The van der Waals surface area contributed by atoms with Crippen LogP contribution in [0.3, 0.4) is 0 Å². The lowest BCUT2D eigenvalue weighted by Gasteiger charge is -2.15. The molecular formula is C30H35ClN6O3. The van der Waals surface area contributed by atoms with Crippen molar-refractivity contribution in [3.05, 3.63) is 64.8 Å². The zero-order chi connectivity index (χ0) is 28.2. The summed E-state index contributed by atoms with van der Waals surface area (Å²) in [5.74, 6) is 0.643. The third-order valence-electron chi connectivity index (χ3n) is 7.30. The number of aliphatic hydroxyl groups excluding tert-OH is 1. The molecule has 1 aliphatic heterocycles. The fourth-order valence-electron chi connectivity index (χ4n) is 5.22. The van der Waals surface area contributed by atoms with E-state index in [1.54, 1.807) is 7.11 Å². The van der Waals surface area contributed by atoms with Crippen molar-refractivity contribution in [3.8, 4) is 28.4 Å². The largest absolute Gasteiger partial charge is 0.481 e. The van der Waals surface area contributed by atoms with Gasteiger partial charge in [-0.3, -0.25) is 9.69 Å². The summed E-state index contributed by atoms with van der Waals surface area (Å²) in [5.41, 5.74) is 6.08. The zero-order valence-corrected chi connectivity index (χ0v) is 23.8. The van der Waals surface area contributed by atoms with Gasteiger partial charge in [-0.2, -0.15) is 0 Å². The van der Waals surface area contributed by atoms with Crippen LogP contribution in [-0.2, 0) is 24.9 Å². The van der Waals surface area contributed by atoms with Gasteiger partial charge in [0.2, 0.25) is 11.8 Å². The van der Waals surface area contributed by atoms with Crippen molar-refractivity contribution >= 4 is 28.5 Å². The van der Waals surface area contributed by atoms with Gasteiger partial charge in [0.25, 0.3) is 0 Å². The molecule has 1 saturated heterocycles. The van der Waals surface area contributed by atoms with E-state index in [0.29, 0.717) is 42.7 Å². The molecule has 0 saturated carbocycles. The van der Waals surface area contributed by atoms with Crippen LogP contribution in [0.15, 0.2) is 48.7 Å². The highest BCUT2D eigenvalue weighted by molar-refractivity contribution is 6.36. The number of fused-ring (bicyclic) bond motifs is 1. The van der Waals surface area contributed by atoms with Crippen molar-refractivity contribution in [1.29, 1.82) is 0 Å². The van der Waals surface area contributed by atoms with Gasteiger partial charge in [-0.25, -0.2) is 9.97 Å². The Balaban J connectivity index is 1.38. The number of halogens is 1. The molecule has 10 heteroatoms. The molecule has 1 atom stereocenters. The Morgan fingerprint density at radius 3 is 2.60 bits per heavy atom. The predicted molar refractivity (Wildman–Crippen MR) is 157 cm³/mol. The average molecular weight is 563 g/mol. The van der Waals surface area contributed by atoms with Crippen molar-refractivity contribution < 1.29 is 14.6 Å². The highest BCUT2D eigenvalue weighted by Crippen LogP contribution is 2.37. The Morgan fingerprint density at radius 1 is 1.15 bits per heavy atom. The molecule has 4 heterocycles. The van der Waals surface area contributed by atoms with Gasteiger partial charge >= 0.3 is 0 Å². The van der Waals surface area contributed by atoms with E-state index in [4.69, 9.17) is 26.3 Å². The lowest BCUT2D eigenvalue weighted by atomic mass is 10.0. The molecule has 40 heavy (non-hydrogen) atoms. The van der Waals surface area contributed by atoms with E-state index in [-0.39, 0.29) is 18.6 Å². The second-order valence-corrected chi connectivity index (χ2v) is 10.6. The molecule has 0 aliphatic carbocycles. The summed E-state index contributed by atoms with van der Waals surface area (Å²) in [6.45, 7) is 2.74. The first-order valence-corrected chi connectivity index (χ1v) is 13.8. The summed E-state index contributed by atoms with van der Waals surface area (Å²) in [5, 5.41) is 17.3. The van der Waals surface area contributed by atoms with Gasteiger partial charge in [0.1, 0.15) is 5.65 Å². The summed E-state index contributed by atoms with van der Waals surface area (Å²) in [4.78, 5) is 23.3. The van der Waals surface area contributed by atoms with Crippen LogP contribution in [0.1, 0.15) is 24.0 Å². The van der Waals surface area contributed by atoms with Crippen molar-refractivity contribution in [3.63, 3.8) is 0 Å². The number of carbonyl (C=O) groups excluding carboxylic acids is 1. The van der Waals surface area contributed by atoms with Gasteiger partial charge in [0.05, 0.1) is 30.1 Å². The normalized spacial score (nSPS) is 15.2. The fourth-order valence-corrected chi connectivity index (χ4v) is 5.54. The molecule has 1 amide bonds. The average Bonchev–Trinajstić information content (AvgIpc) is 3.50. The van der Waals surface area contributed by atoms with E-state index in [1.165, 1.54) is 0 Å².